The molecule has 0 aliphatic carbocycles. The molecule has 1 unspecified atom stereocenters. The van der Waals surface area contributed by atoms with Crippen LogP contribution in [0.4, 0.5) is 13.2 Å². The Morgan fingerprint density at radius 1 is 0.882 bits per heavy atom. The van der Waals surface area contributed by atoms with Crippen LogP contribution < -0.4 is 4.74 Å². The van der Waals surface area contributed by atoms with Gasteiger partial charge < -0.3 is 4.74 Å². The summed E-state index contributed by atoms with van der Waals surface area (Å²) in [5, 5.41) is 0.109. The summed E-state index contributed by atoms with van der Waals surface area (Å²) in [6.07, 6.45) is 0.714. The zero-order chi connectivity index (χ0) is 23.7. The Labute approximate surface area is 206 Å². The topological polar surface area (TPSA) is 15.7 Å². The molecule has 0 amide bonds. The highest BCUT2D eigenvalue weighted by Gasteiger charge is 2.31. The van der Waals surface area contributed by atoms with E-state index >= 15 is 0 Å². The molecule has 2 aliphatic rings. The summed E-state index contributed by atoms with van der Waals surface area (Å²) in [6.45, 7) is 4.74. The van der Waals surface area contributed by atoms with Gasteiger partial charge in [-0.3, -0.25) is 9.80 Å². The predicted octanol–water partition coefficient (Wildman–Crippen LogP) is 6.20. The molecule has 3 aromatic carbocycles. The summed E-state index contributed by atoms with van der Waals surface area (Å²) in [6, 6.07) is 14.1. The molecule has 0 saturated carbocycles. The number of nitrogens with zero attached hydrogens (tertiary/aromatic N) is 2. The molecular weight excluding hydrogens is 481 g/mol. The quantitative estimate of drug-likeness (QED) is 0.411. The fourth-order valence-corrected chi connectivity index (χ4v) is 5.91. The van der Waals surface area contributed by atoms with Gasteiger partial charge in [0.1, 0.15) is 29.8 Å². The third-order valence-corrected chi connectivity index (χ3v) is 7.87. The van der Waals surface area contributed by atoms with E-state index in [1.165, 1.54) is 42.1 Å². The second-order valence-corrected chi connectivity index (χ2v) is 10.0. The van der Waals surface area contributed by atoms with E-state index in [9.17, 15) is 13.2 Å². The van der Waals surface area contributed by atoms with Crippen molar-refractivity contribution in [1.29, 1.82) is 0 Å². The van der Waals surface area contributed by atoms with Crippen molar-refractivity contribution in [1.82, 2.24) is 9.80 Å². The maximum atomic E-state index is 14.3. The number of piperazine rings is 1. The smallest absolute Gasteiger partial charge is 0.142 e. The number of hydrogen-bond acceptors (Lipinski definition) is 4. The zero-order valence-corrected chi connectivity index (χ0v) is 20.0. The van der Waals surface area contributed by atoms with Crippen molar-refractivity contribution in [3.05, 3.63) is 88.2 Å². The summed E-state index contributed by atoms with van der Waals surface area (Å²) in [7, 11) is 0. The summed E-state index contributed by atoms with van der Waals surface area (Å²) in [5.74, 6) is -0.375. The Bertz CT molecular complexity index is 1170. The van der Waals surface area contributed by atoms with Crippen molar-refractivity contribution in [2.75, 3.05) is 39.3 Å². The van der Waals surface area contributed by atoms with Gasteiger partial charge in [0, 0.05) is 48.6 Å². The van der Waals surface area contributed by atoms with Gasteiger partial charge in [-0.05, 0) is 66.1 Å². The molecule has 3 nitrogen and oxygen atoms in total. The fourth-order valence-electron chi connectivity index (χ4n) is 4.57. The minimum atomic E-state index is -0.461. The highest BCUT2D eigenvalue weighted by molar-refractivity contribution is 7.99. The van der Waals surface area contributed by atoms with Gasteiger partial charge in [0.25, 0.3) is 0 Å². The molecule has 0 radical (unpaired) electrons. The van der Waals surface area contributed by atoms with E-state index in [2.05, 4.69) is 9.80 Å². The molecular formula is C26H24ClF3N2OS. The van der Waals surface area contributed by atoms with Crippen LogP contribution in [-0.2, 0) is 6.42 Å². The largest absolute Gasteiger partial charge is 0.492 e. The number of halogens is 4. The first-order chi connectivity index (χ1) is 16.5. The van der Waals surface area contributed by atoms with Crippen LogP contribution in [0.15, 0.2) is 64.4 Å². The normalized spacial score (nSPS) is 18.8. The number of rotatable bonds is 5. The van der Waals surface area contributed by atoms with Crippen molar-refractivity contribution >= 4 is 23.4 Å². The maximum absolute atomic E-state index is 14.3. The minimum absolute atomic E-state index is 0.0323. The van der Waals surface area contributed by atoms with Crippen LogP contribution in [0, 0.1) is 17.5 Å². The van der Waals surface area contributed by atoms with Gasteiger partial charge in [-0.2, -0.15) is 0 Å². The lowest BCUT2D eigenvalue weighted by Gasteiger charge is -2.39. The number of fused-ring (bicyclic) bond motifs is 2. The molecule has 2 aliphatic heterocycles. The molecule has 1 fully saturated rings. The fraction of sp³-hybridized carbons (Fsp3) is 0.308. The van der Waals surface area contributed by atoms with Crippen molar-refractivity contribution in [3.63, 3.8) is 0 Å². The van der Waals surface area contributed by atoms with E-state index in [0.29, 0.717) is 18.8 Å². The Balaban J connectivity index is 1.27. The van der Waals surface area contributed by atoms with Gasteiger partial charge in [0.15, 0.2) is 0 Å². The van der Waals surface area contributed by atoms with Crippen molar-refractivity contribution in [3.8, 4) is 5.75 Å². The highest BCUT2D eigenvalue weighted by Crippen LogP contribution is 2.44. The minimum Gasteiger partial charge on any atom is -0.492 e. The van der Waals surface area contributed by atoms with Gasteiger partial charge in [-0.15, -0.1) is 0 Å². The second-order valence-electron chi connectivity index (χ2n) is 8.56. The lowest BCUT2D eigenvalue weighted by molar-refractivity contribution is 0.0850. The zero-order valence-electron chi connectivity index (χ0n) is 18.4. The molecule has 0 aromatic heterocycles. The van der Waals surface area contributed by atoms with Crippen LogP contribution in [-0.4, -0.2) is 49.1 Å². The predicted molar refractivity (Wildman–Crippen MR) is 128 cm³/mol. The molecule has 34 heavy (non-hydrogen) atoms. The highest BCUT2D eigenvalue weighted by atomic mass is 35.5. The summed E-state index contributed by atoms with van der Waals surface area (Å²) < 4.78 is 47.0. The molecule has 5 rings (SSSR count). The molecule has 178 valence electrons. The van der Waals surface area contributed by atoms with Gasteiger partial charge >= 0.3 is 0 Å². The lowest BCUT2D eigenvalue weighted by Crippen LogP contribution is -2.49. The summed E-state index contributed by atoms with van der Waals surface area (Å²) >= 11 is 7.58. The first-order valence-electron chi connectivity index (χ1n) is 11.3. The number of ether oxygens (including phenoxy) is 1. The van der Waals surface area contributed by atoms with Gasteiger partial charge in [0.05, 0.1) is 5.02 Å². The van der Waals surface area contributed by atoms with Crippen LogP contribution in [0.1, 0.15) is 17.2 Å². The molecule has 1 atom stereocenters. The van der Waals surface area contributed by atoms with Crippen LogP contribution in [0.25, 0.3) is 0 Å². The summed E-state index contributed by atoms with van der Waals surface area (Å²) in [4.78, 5) is 6.35. The Hall–Kier alpha value is -2.19. The van der Waals surface area contributed by atoms with E-state index in [1.807, 2.05) is 6.07 Å². The SMILES string of the molecule is Fc1ccc(OCCN2CCN(C3Cc4ccc(F)cc4Sc4cc(F)c(Cl)cc43)CC2)cc1. The van der Waals surface area contributed by atoms with Crippen LogP contribution in [0.5, 0.6) is 5.75 Å². The Morgan fingerprint density at radius 3 is 2.38 bits per heavy atom. The van der Waals surface area contributed by atoms with Gasteiger partial charge in [-0.25, -0.2) is 13.2 Å². The van der Waals surface area contributed by atoms with Crippen LogP contribution >= 0.6 is 23.4 Å². The third kappa shape index (κ3) is 5.23. The molecule has 8 heteroatoms. The Kier molecular flexibility index (Phi) is 7.06. The van der Waals surface area contributed by atoms with Crippen molar-refractivity contribution in [2.24, 2.45) is 0 Å². The first-order valence-corrected chi connectivity index (χ1v) is 12.5. The first kappa shape index (κ1) is 23.5. The molecule has 3 aromatic rings. The van der Waals surface area contributed by atoms with E-state index in [-0.39, 0.29) is 22.7 Å². The lowest BCUT2D eigenvalue weighted by atomic mass is 9.96. The average molecular weight is 505 g/mol. The van der Waals surface area contributed by atoms with E-state index in [4.69, 9.17) is 16.3 Å². The van der Waals surface area contributed by atoms with Crippen molar-refractivity contribution in [2.45, 2.75) is 22.3 Å². The van der Waals surface area contributed by atoms with Crippen LogP contribution in [0.2, 0.25) is 5.02 Å². The molecule has 1 saturated heterocycles. The monoisotopic (exact) mass is 504 g/mol. The second kappa shape index (κ2) is 10.2. The van der Waals surface area contributed by atoms with Crippen LogP contribution in [0.3, 0.4) is 0 Å². The van der Waals surface area contributed by atoms with Gasteiger partial charge in [0.2, 0.25) is 0 Å². The molecule has 0 spiro atoms. The maximum Gasteiger partial charge on any atom is 0.142 e. The third-order valence-electron chi connectivity index (χ3n) is 6.41. The molecule has 0 bridgehead atoms. The Morgan fingerprint density at radius 2 is 1.62 bits per heavy atom. The van der Waals surface area contributed by atoms with E-state index in [0.717, 1.165) is 53.6 Å². The van der Waals surface area contributed by atoms with Gasteiger partial charge in [-0.1, -0.05) is 29.4 Å². The molecule has 0 N–H and O–H groups in total. The summed E-state index contributed by atoms with van der Waals surface area (Å²) in [5.41, 5.74) is 2.04. The molecule has 2 heterocycles. The average Bonchev–Trinajstić information content (AvgIpc) is 2.97. The van der Waals surface area contributed by atoms with E-state index in [1.54, 1.807) is 18.2 Å². The number of hydrogen-bond donors (Lipinski definition) is 0. The number of benzene rings is 3. The standard InChI is InChI=1S/C26H24ClF3N2OS/c27-22-15-21-24(13-17-1-2-19(29)14-25(17)34-26(21)16-23(22)30)32-9-7-31(8-10-32)11-12-33-20-5-3-18(28)4-6-20/h1-6,14-16,24H,7-13H2. The van der Waals surface area contributed by atoms with Crippen molar-refractivity contribution < 1.29 is 17.9 Å². The van der Waals surface area contributed by atoms with E-state index < -0.39 is 5.82 Å².